The van der Waals surface area contributed by atoms with E-state index in [-0.39, 0.29) is 11.7 Å². The molecular formula is C19H19FN2O2. The number of aromatic nitrogens is 1. The Morgan fingerprint density at radius 1 is 1.21 bits per heavy atom. The van der Waals surface area contributed by atoms with Crippen LogP contribution in [0.5, 0.6) is 0 Å². The van der Waals surface area contributed by atoms with Crippen LogP contribution in [-0.2, 0) is 6.42 Å². The number of hydrogen-bond acceptors (Lipinski definition) is 2. The summed E-state index contributed by atoms with van der Waals surface area (Å²) in [4.78, 5) is 12.4. The Balaban J connectivity index is 1.78. The van der Waals surface area contributed by atoms with Crippen LogP contribution in [0.2, 0.25) is 0 Å². The Bertz CT molecular complexity index is 850. The van der Waals surface area contributed by atoms with Gasteiger partial charge in [-0.3, -0.25) is 4.79 Å². The first-order chi connectivity index (χ1) is 11.6. The van der Waals surface area contributed by atoms with Gasteiger partial charge in [-0.05, 0) is 44.2 Å². The maximum absolute atomic E-state index is 14.1. The Morgan fingerprint density at radius 3 is 2.71 bits per heavy atom. The van der Waals surface area contributed by atoms with Crippen molar-refractivity contribution < 1.29 is 13.6 Å². The van der Waals surface area contributed by atoms with E-state index >= 15 is 0 Å². The lowest BCUT2D eigenvalue weighted by Gasteiger charge is -2.11. The van der Waals surface area contributed by atoms with Crippen molar-refractivity contribution in [1.82, 2.24) is 9.88 Å². The number of halogens is 1. The van der Waals surface area contributed by atoms with Gasteiger partial charge in [0.2, 0.25) is 0 Å². The van der Waals surface area contributed by atoms with Gasteiger partial charge < -0.3 is 14.3 Å². The fourth-order valence-corrected chi connectivity index (χ4v) is 2.85. The second-order valence-corrected chi connectivity index (χ2v) is 5.66. The van der Waals surface area contributed by atoms with Gasteiger partial charge in [0.25, 0.3) is 5.91 Å². The minimum Gasteiger partial charge on any atom is -0.469 e. The van der Waals surface area contributed by atoms with E-state index in [0.717, 1.165) is 11.5 Å². The number of para-hydroxylation sites is 1. The molecule has 0 aliphatic heterocycles. The van der Waals surface area contributed by atoms with Crippen LogP contribution in [0.25, 0.3) is 5.69 Å². The molecule has 3 rings (SSSR count). The average molecular weight is 326 g/mol. The van der Waals surface area contributed by atoms with Gasteiger partial charge in [-0.2, -0.15) is 0 Å². The molecule has 0 atom stereocenters. The van der Waals surface area contributed by atoms with Crippen molar-refractivity contribution in [1.29, 1.82) is 0 Å². The fraction of sp³-hybridized carbons (Fsp3) is 0.211. The molecule has 0 spiro atoms. The van der Waals surface area contributed by atoms with Crippen LogP contribution < -0.4 is 5.32 Å². The molecule has 0 unspecified atom stereocenters. The van der Waals surface area contributed by atoms with Crippen molar-refractivity contribution in [2.24, 2.45) is 0 Å². The number of aryl methyl sites for hydroxylation is 1. The van der Waals surface area contributed by atoms with Gasteiger partial charge >= 0.3 is 0 Å². The lowest BCUT2D eigenvalue weighted by Crippen LogP contribution is -2.26. The van der Waals surface area contributed by atoms with E-state index < -0.39 is 0 Å². The topological polar surface area (TPSA) is 47.2 Å². The Kier molecular flexibility index (Phi) is 4.51. The highest BCUT2D eigenvalue weighted by atomic mass is 19.1. The number of nitrogens with one attached hydrogen (secondary N) is 1. The van der Waals surface area contributed by atoms with Crippen molar-refractivity contribution in [3.8, 4) is 5.69 Å². The molecule has 0 fully saturated rings. The van der Waals surface area contributed by atoms with Gasteiger partial charge in [0.05, 0.1) is 17.5 Å². The van der Waals surface area contributed by atoms with Crippen molar-refractivity contribution in [2.45, 2.75) is 20.3 Å². The molecule has 0 saturated heterocycles. The molecule has 0 saturated carbocycles. The lowest BCUT2D eigenvalue weighted by atomic mass is 10.2. The predicted octanol–water partition coefficient (Wildman–Crippen LogP) is 3.80. The summed E-state index contributed by atoms with van der Waals surface area (Å²) in [5.41, 5.74) is 2.53. The first-order valence-electron chi connectivity index (χ1n) is 7.82. The number of furan rings is 1. The molecule has 5 heteroatoms. The highest BCUT2D eigenvalue weighted by Gasteiger charge is 2.18. The summed E-state index contributed by atoms with van der Waals surface area (Å²) in [5, 5.41) is 2.88. The third-order valence-corrected chi connectivity index (χ3v) is 4.01. The van der Waals surface area contributed by atoms with Crippen LogP contribution >= 0.6 is 0 Å². The number of rotatable bonds is 5. The monoisotopic (exact) mass is 326 g/mol. The molecule has 1 aromatic carbocycles. The maximum Gasteiger partial charge on any atom is 0.253 e. The summed E-state index contributed by atoms with van der Waals surface area (Å²) in [6.45, 7) is 4.16. The first-order valence-corrected chi connectivity index (χ1v) is 7.82. The second kappa shape index (κ2) is 6.74. The molecule has 0 aliphatic carbocycles. The molecule has 1 amide bonds. The van der Waals surface area contributed by atoms with Crippen LogP contribution in [0, 0.1) is 19.7 Å². The van der Waals surface area contributed by atoms with Gasteiger partial charge in [-0.1, -0.05) is 12.1 Å². The van der Waals surface area contributed by atoms with Crippen LogP contribution in [0.4, 0.5) is 4.39 Å². The molecule has 0 radical (unpaired) electrons. The van der Waals surface area contributed by atoms with E-state index in [1.54, 1.807) is 35.1 Å². The van der Waals surface area contributed by atoms with Crippen LogP contribution in [-0.4, -0.2) is 17.0 Å². The molecule has 1 N–H and O–H groups in total. The minimum atomic E-state index is -0.316. The van der Waals surface area contributed by atoms with Gasteiger partial charge in [0.15, 0.2) is 0 Å². The number of hydrogen-bond donors (Lipinski definition) is 1. The van der Waals surface area contributed by atoms with Crippen molar-refractivity contribution in [2.75, 3.05) is 6.54 Å². The molecule has 2 aromatic heterocycles. The highest BCUT2D eigenvalue weighted by molar-refractivity contribution is 5.95. The summed E-state index contributed by atoms with van der Waals surface area (Å²) in [6.07, 6.45) is 2.24. The molecule has 0 bridgehead atoms. The normalized spacial score (nSPS) is 10.8. The standard InChI is InChI=1S/C19H19FN2O2/c1-13-12-16(19(23)21-10-9-15-6-5-11-24-15)14(2)22(13)18-8-4-3-7-17(18)20/h3-8,11-12H,9-10H2,1-2H3,(H,21,23). The van der Waals surface area contributed by atoms with E-state index in [1.165, 1.54) is 6.07 Å². The second-order valence-electron chi connectivity index (χ2n) is 5.66. The SMILES string of the molecule is Cc1cc(C(=O)NCCc2ccco2)c(C)n1-c1ccccc1F. The van der Waals surface area contributed by atoms with Gasteiger partial charge in [0.1, 0.15) is 11.6 Å². The minimum absolute atomic E-state index is 0.169. The van der Waals surface area contributed by atoms with Crippen LogP contribution in [0.1, 0.15) is 27.5 Å². The Morgan fingerprint density at radius 2 is 2.00 bits per heavy atom. The molecule has 0 aliphatic rings. The lowest BCUT2D eigenvalue weighted by molar-refractivity contribution is 0.0953. The zero-order valence-electron chi connectivity index (χ0n) is 13.7. The van der Waals surface area contributed by atoms with E-state index in [9.17, 15) is 9.18 Å². The van der Waals surface area contributed by atoms with E-state index in [2.05, 4.69) is 5.32 Å². The number of benzene rings is 1. The number of carbonyl (C=O) groups is 1. The molecule has 2 heterocycles. The van der Waals surface area contributed by atoms with Crippen molar-refractivity contribution in [3.05, 3.63) is 77.3 Å². The molecular weight excluding hydrogens is 307 g/mol. The number of carbonyl (C=O) groups excluding carboxylic acids is 1. The summed E-state index contributed by atoms with van der Waals surface area (Å²) in [5.74, 6) is 0.341. The van der Waals surface area contributed by atoms with Gasteiger partial charge in [-0.25, -0.2) is 4.39 Å². The quantitative estimate of drug-likeness (QED) is 0.775. The number of amides is 1. The van der Waals surface area contributed by atoms with Crippen molar-refractivity contribution in [3.63, 3.8) is 0 Å². The zero-order chi connectivity index (χ0) is 17.1. The van der Waals surface area contributed by atoms with Gasteiger partial charge in [-0.15, -0.1) is 0 Å². The summed E-state index contributed by atoms with van der Waals surface area (Å²) >= 11 is 0. The van der Waals surface area contributed by atoms with E-state index in [4.69, 9.17) is 4.42 Å². The third-order valence-electron chi connectivity index (χ3n) is 4.01. The Hall–Kier alpha value is -2.82. The summed E-state index contributed by atoms with van der Waals surface area (Å²) < 4.78 is 21.1. The molecule has 24 heavy (non-hydrogen) atoms. The number of nitrogens with zero attached hydrogens (tertiary/aromatic N) is 1. The predicted molar refractivity (Wildman–Crippen MR) is 89.9 cm³/mol. The molecule has 3 aromatic rings. The van der Waals surface area contributed by atoms with Crippen LogP contribution in [0.15, 0.2) is 53.1 Å². The van der Waals surface area contributed by atoms with Crippen LogP contribution in [0.3, 0.4) is 0 Å². The van der Waals surface area contributed by atoms with Gasteiger partial charge in [0, 0.05) is 24.4 Å². The largest absolute Gasteiger partial charge is 0.469 e. The first kappa shape index (κ1) is 16.1. The van der Waals surface area contributed by atoms with E-state index in [1.807, 2.05) is 26.0 Å². The summed E-state index contributed by atoms with van der Waals surface area (Å²) in [6, 6.07) is 12.0. The Labute approximate surface area is 139 Å². The smallest absolute Gasteiger partial charge is 0.253 e. The average Bonchev–Trinajstić information content (AvgIpc) is 3.17. The third kappa shape index (κ3) is 3.11. The molecule has 4 nitrogen and oxygen atoms in total. The highest BCUT2D eigenvalue weighted by Crippen LogP contribution is 2.22. The fourth-order valence-electron chi connectivity index (χ4n) is 2.85. The zero-order valence-corrected chi connectivity index (χ0v) is 13.7. The van der Waals surface area contributed by atoms with E-state index in [0.29, 0.717) is 29.9 Å². The maximum atomic E-state index is 14.1. The molecule has 124 valence electrons. The summed E-state index contributed by atoms with van der Waals surface area (Å²) in [7, 11) is 0. The van der Waals surface area contributed by atoms with Crippen molar-refractivity contribution >= 4 is 5.91 Å².